The van der Waals surface area contributed by atoms with Gasteiger partial charge in [0.25, 0.3) is 0 Å². The predicted molar refractivity (Wildman–Crippen MR) is 126 cm³/mol. The number of aromatic nitrogens is 2. The van der Waals surface area contributed by atoms with Crippen molar-refractivity contribution < 1.29 is 4.39 Å². The SMILES string of the molecule is CCNC(=NCc1nccn1Cc1ccccc1)NCCc1cccc(F)c1.I. The molecule has 2 aromatic carbocycles. The average Bonchev–Trinajstić information content (AvgIpc) is 3.14. The monoisotopic (exact) mass is 507 g/mol. The number of nitrogens with zero attached hydrogens (tertiary/aromatic N) is 3. The van der Waals surface area contributed by atoms with Crippen LogP contribution in [0.15, 0.2) is 72.0 Å². The molecule has 0 unspecified atom stereocenters. The first kappa shape index (κ1) is 22.9. The molecule has 0 atom stereocenters. The normalized spacial score (nSPS) is 11.0. The quantitative estimate of drug-likeness (QED) is 0.276. The lowest BCUT2D eigenvalue weighted by atomic mass is 10.1. The number of hydrogen-bond acceptors (Lipinski definition) is 2. The zero-order valence-corrected chi connectivity index (χ0v) is 18.8. The van der Waals surface area contributed by atoms with Crippen molar-refractivity contribution in [1.29, 1.82) is 0 Å². The molecule has 0 fully saturated rings. The van der Waals surface area contributed by atoms with E-state index in [-0.39, 0.29) is 29.8 Å². The number of benzene rings is 2. The number of aliphatic imine (C=N–C) groups is 1. The van der Waals surface area contributed by atoms with Crippen molar-refractivity contribution in [3.8, 4) is 0 Å². The summed E-state index contributed by atoms with van der Waals surface area (Å²) in [5.74, 6) is 1.43. The molecule has 1 aromatic heterocycles. The van der Waals surface area contributed by atoms with E-state index in [1.165, 1.54) is 11.6 Å². The maximum atomic E-state index is 13.3. The fourth-order valence-electron chi connectivity index (χ4n) is 2.92. The molecular formula is C22H27FIN5. The Morgan fingerprint density at radius 3 is 2.62 bits per heavy atom. The van der Waals surface area contributed by atoms with Gasteiger partial charge in [-0.15, -0.1) is 24.0 Å². The Kier molecular flexibility index (Phi) is 9.63. The summed E-state index contributed by atoms with van der Waals surface area (Å²) in [6, 6.07) is 17.0. The second-order valence-corrected chi connectivity index (χ2v) is 6.46. The molecule has 2 N–H and O–H groups in total. The van der Waals surface area contributed by atoms with E-state index in [9.17, 15) is 4.39 Å². The number of hydrogen-bond donors (Lipinski definition) is 2. The zero-order chi connectivity index (χ0) is 19.6. The Labute approximate surface area is 188 Å². The van der Waals surface area contributed by atoms with Gasteiger partial charge in [0.1, 0.15) is 18.2 Å². The highest BCUT2D eigenvalue weighted by Crippen LogP contribution is 2.07. The maximum Gasteiger partial charge on any atom is 0.191 e. The van der Waals surface area contributed by atoms with Crippen molar-refractivity contribution in [3.63, 3.8) is 0 Å². The minimum Gasteiger partial charge on any atom is -0.357 e. The molecule has 0 amide bonds. The van der Waals surface area contributed by atoms with Gasteiger partial charge in [0.2, 0.25) is 0 Å². The summed E-state index contributed by atoms with van der Waals surface area (Å²) in [5.41, 5.74) is 2.19. The third kappa shape index (κ3) is 7.49. The summed E-state index contributed by atoms with van der Waals surface area (Å²) in [7, 11) is 0. The zero-order valence-electron chi connectivity index (χ0n) is 16.5. The molecule has 0 aliphatic carbocycles. The van der Waals surface area contributed by atoms with Gasteiger partial charge in [-0.1, -0.05) is 42.5 Å². The summed E-state index contributed by atoms with van der Waals surface area (Å²) < 4.78 is 15.4. The van der Waals surface area contributed by atoms with Crippen LogP contribution >= 0.6 is 24.0 Å². The van der Waals surface area contributed by atoms with E-state index in [0.717, 1.165) is 36.9 Å². The van der Waals surface area contributed by atoms with E-state index in [2.05, 4.69) is 37.3 Å². The van der Waals surface area contributed by atoms with E-state index in [4.69, 9.17) is 0 Å². The molecule has 1 heterocycles. The molecular weight excluding hydrogens is 480 g/mol. The van der Waals surface area contributed by atoms with Crippen LogP contribution in [0.4, 0.5) is 4.39 Å². The molecule has 0 aliphatic heterocycles. The number of guanidine groups is 1. The highest BCUT2D eigenvalue weighted by atomic mass is 127. The number of rotatable bonds is 8. The molecule has 0 saturated heterocycles. The number of halogens is 2. The molecule has 154 valence electrons. The molecule has 7 heteroatoms. The van der Waals surface area contributed by atoms with Crippen LogP contribution in [0.1, 0.15) is 23.9 Å². The first-order valence-electron chi connectivity index (χ1n) is 9.55. The van der Waals surface area contributed by atoms with Crippen molar-refractivity contribution in [1.82, 2.24) is 20.2 Å². The Balaban J connectivity index is 0.00000300. The van der Waals surface area contributed by atoms with Gasteiger partial charge in [-0.05, 0) is 36.6 Å². The molecule has 5 nitrogen and oxygen atoms in total. The van der Waals surface area contributed by atoms with E-state index >= 15 is 0 Å². The van der Waals surface area contributed by atoms with E-state index in [1.807, 2.05) is 37.4 Å². The Morgan fingerprint density at radius 1 is 1.07 bits per heavy atom. The van der Waals surface area contributed by atoms with Crippen molar-refractivity contribution in [2.75, 3.05) is 13.1 Å². The van der Waals surface area contributed by atoms with Gasteiger partial charge < -0.3 is 15.2 Å². The highest BCUT2D eigenvalue weighted by Gasteiger charge is 2.04. The third-order valence-electron chi connectivity index (χ3n) is 4.32. The molecule has 29 heavy (non-hydrogen) atoms. The minimum absolute atomic E-state index is 0. The van der Waals surface area contributed by atoms with E-state index in [1.54, 1.807) is 18.3 Å². The van der Waals surface area contributed by atoms with Crippen LogP contribution in [-0.4, -0.2) is 28.6 Å². The number of nitrogens with one attached hydrogen (secondary N) is 2. The first-order valence-corrected chi connectivity index (χ1v) is 9.55. The Bertz CT molecular complexity index is 895. The summed E-state index contributed by atoms with van der Waals surface area (Å²) in [5, 5.41) is 6.54. The predicted octanol–water partition coefficient (Wildman–Crippen LogP) is 3.99. The summed E-state index contributed by atoms with van der Waals surface area (Å²) in [6.07, 6.45) is 4.51. The lowest BCUT2D eigenvalue weighted by molar-refractivity contribution is 0.625. The van der Waals surface area contributed by atoms with Gasteiger partial charge in [0.05, 0.1) is 0 Å². The standard InChI is InChI=1S/C22H26FN5.HI/c1-2-24-22(26-12-11-18-9-6-10-20(23)15-18)27-16-21-25-13-14-28(21)17-19-7-4-3-5-8-19;/h3-10,13-15H,2,11-12,16-17H2,1H3,(H2,24,26,27);1H. The summed E-state index contributed by atoms with van der Waals surface area (Å²) >= 11 is 0. The first-order chi connectivity index (χ1) is 13.7. The van der Waals surface area contributed by atoms with Gasteiger partial charge in [-0.2, -0.15) is 0 Å². The summed E-state index contributed by atoms with van der Waals surface area (Å²) in [6.45, 7) is 4.72. The van der Waals surface area contributed by atoms with E-state index < -0.39 is 0 Å². The summed E-state index contributed by atoms with van der Waals surface area (Å²) in [4.78, 5) is 9.08. The Morgan fingerprint density at radius 2 is 1.86 bits per heavy atom. The molecule has 0 saturated carbocycles. The van der Waals surface area contributed by atoms with Crippen LogP contribution in [0.25, 0.3) is 0 Å². The lowest BCUT2D eigenvalue weighted by Crippen LogP contribution is -2.38. The molecule has 0 aliphatic rings. The maximum absolute atomic E-state index is 13.3. The minimum atomic E-state index is -0.205. The largest absolute Gasteiger partial charge is 0.357 e. The van der Waals surface area contributed by atoms with E-state index in [0.29, 0.717) is 13.1 Å². The van der Waals surface area contributed by atoms with Crippen LogP contribution in [0.2, 0.25) is 0 Å². The fraction of sp³-hybridized carbons (Fsp3) is 0.273. The second-order valence-electron chi connectivity index (χ2n) is 6.46. The van der Waals surface area contributed by atoms with Crippen LogP contribution in [0.5, 0.6) is 0 Å². The van der Waals surface area contributed by atoms with Crippen LogP contribution in [0, 0.1) is 5.82 Å². The van der Waals surface area contributed by atoms with Crippen molar-refractivity contribution in [2.45, 2.75) is 26.4 Å². The lowest BCUT2D eigenvalue weighted by Gasteiger charge is -2.12. The van der Waals surface area contributed by atoms with Gasteiger partial charge >= 0.3 is 0 Å². The average molecular weight is 507 g/mol. The molecule has 0 radical (unpaired) electrons. The van der Waals surface area contributed by atoms with Gasteiger partial charge in [-0.25, -0.2) is 14.4 Å². The van der Waals surface area contributed by atoms with Crippen LogP contribution in [0.3, 0.4) is 0 Å². The molecule has 0 bridgehead atoms. The topological polar surface area (TPSA) is 54.2 Å². The van der Waals surface area contributed by atoms with Gasteiger partial charge in [-0.3, -0.25) is 0 Å². The second kappa shape index (κ2) is 12.2. The third-order valence-corrected chi connectivity index (χ3v) is 4.32. The fourth-order valence-corrected chi connectivity index (χ4v) is 2.92. The highest BCUT2D eigenvalue weighted by molar-refractivity contribution is 14.0. The van der Waals surface area contributed by atoms with Crippen molar-refractivity contribution in [2.24, 2.45) is 4.99 Å². The van der Waals surface area contributed by atoms with Crippen molar-refractivity contribution in [3.05, 3.63) is 89.8 Å². The smallest absolute Gasteiger partial charge is 0.191 e. The Hall–Kier alpha value is -2.42. The molecule has 3 aromatic rings. The van der Waals surface area contributed by atoms with Crippen LogP contribution in [-0.2, 0) is 19.5 Å². The van der Waals surface area contributed by atoms with Crippen molar-refractivity contribution >= 4 is 29.9 Å². The molecule has 0 spiro atoms. The van der Waals surface area contributed by atoms with Crippen LogP contribution < -0.4 is 10.6 Å². The molecule has 3 rings (SSSR count). The van der Waals surface area contributed by atoms with Gasteiger partial charge in [0.15, 0.2) is 5.96 Å². The number of imidazole rings is 1. The van der Waals surface area contributed by atoms with Gasteiger partial charge in [0, 0.05) is 32.0 Å².